The lowest BCUT2D eigenvalue weighted by molar-refractivity contribution is 0.0694. The topological polar surface area (TPSA) is 90.4 Å². The predicted molar refractivity (Wildman–Crippen MR) is 44.7 cm³/mol. The van der Waals surface area contributed by atoms with Crippen LogP contribution in [0.15, 0.2) is 10.9 Å². The molecule has 0 saturated carbocycles. The van der Waals surface area contributed by atoms with Gasteiger partial charge in [0.15, 0.2) is 0 Å². The summed E-state index contributed by atoms with van der Waals surface area (Å²) in [6.45, 7) is 1.20. The molecule has 0 fully saturated rings. The summed E-state index contributed by atoms with van der Waals surface area (Å²) in [5, 5.41) is 17.3. The van der Waals surface area contributed by atoms with Gasteiger partial charge in [0.1, 0.15) is 5.56 Å². The molecule has 0 saturated heterocycles. The van der Waals surface area contributed by atoms with E-state index in [0.29, 0.717) is 11.3 Å². The number of carboxylic acids is 1. The Labute approximate surface area is 73.7 Å². The van der Waals surface area contributed by atoms with Gasteiger partial charge in [0.05, 0.1) is 6.61 Å². The first-order chi connectivity index (χ1) is 6.06. The fraction of sp³-hybridized carbons (Fsp3) is 0.250. The molecule has 0 atom stereocenters. The molecule has 3 N–H and O–H groups in total. The minimum atomic E-state index is -1.26. The zero-order valence-electron chi connectivity index (χ0n) is 7.00. The van der Waals surface area contributed by atoms with Crippen molar-refractivity contribution in [3.8, 4) is 0 Å². The van der Waals surface area contributed by atoms with Crippen molar-refractivity contribution < 1.29 is 15.0 Å². The second-order valence-electron chi connectivity index (χ2n) is 2.64. The van der Waals surface area contributed by atoms with Crippen molar-refractivity contribution in [1.82, 2.24) is 4.98 Å². The summed E-state index contributed by atoms with van der Waals surface area (Å²) < 4.78 is 0. The van der Waals surface area contributed by atoms with Crippen molar-refractivity contribution in [3.63, 3.8) is 0 Å². The van der Waals surface area contributed by atoms with Gasteiger partial charge in [-0.1, -0.05) is 0 Å². The van der Waals surface area contributed by atoms with Gasteiger partial charge in [0, 0.05) is 5.69 Å². The fourth-order valence-electron chi connectivity index (χ4n) is 1.11. The SMILES string of the molecule is Cc1cc(CO)[nH]c(=O)c1C(=O)O. The summed E-state index contributed by atoms with van der Waals surface area (Å²) in [6.07, 6.45) is 0. The molecule has 70 valence electrons. The molecule has 0 amide bonds. The number of aromatic amines is 1. The maximum Gasteiger partial charge on any atom is 0.341 e. The van der Waals surface area contributed by atoms with Gasteiger partial charge in [-0.05, 0) is 18.6 Å². The summed E-state index contributed by atoms with van der Waals surface area (Å²) in [7, 11) is 0. The molecule has 0 aromatic carbocycles. The van der Waals surface area contributed by atoms with Crippen LogP contribution in [0.25, 0.3) is 0 Å². The molecule has 1 aromatic rings. The summed E-state index contributed by atoms with van der Waals surface area (Å²) in [6, 6.07) is 1.44. The lowest BCUT2D eigenvalue weighted by Crippen LogP contribution is -2.20. The molecule has 5 heteroatoms. The zero-order valence-corrected chi connectivity index (χ0v) is 7.00. The number of aromatic carboxylic acids is 1. The molecular formula is C8H9NO4. The number of aliphatic hydroxyl groups is 1. The van der Waals surface area contributed by atoms with Crippen molar-refractivity contribution in [3.05, 3.63) is 33.2 Å². The van der Waals surface area contributed by atoms with Crippen LogP contribution in [0.5, 0.6) is 0 Å². The van der Waals surface area contributed by atoms with Gasteiger partial charge in [0.2, 0.25) is 0 Å². The minimum Gasteiger partial charge on any atom is -0.477 e. The van der Waals surface area contributed by atoms with Crippen molar-refractivity contribution in [1.29, 1.82) is 0 Å². The Morgan fingerprint density at radius 1 is 1.62 bits per heavy atom. The number of hydrogen-bond donors (Lipinski definition) is 3. The number of carboxylic acid groups (broad SMARTS) is 1. The minimum absolute atomic E-state index is 0.280. The van der Waals surface area contributed by atoms with E-state index in [1.807, 2.05) is 0 Å². The first-order valence-electron chi connectivity index (χ1n) is 3.63. The third-order valence-corrected chi connectivity index (χ3v) is 1.67. The number of pyridine rings is 1. The molecule has 0 bridgehead atoms. The maximum absolute atomic E-state index is 11.1. The van der Waals surface area contributed by atoms with Gasteiger partial charge in [0.25, 0.3) is 5.56 Å². The van der Waals surface area contributed by atoms with Crippen LogP contribution in [0.3, 0.4) is 0 Å². The number of aliphatic hydroxyl groups excluding tert-OH is 1. The molecule has 0 aliphatic carbocycles. The van der Waals surface area contributed by atoms with Gasteiger partial charge < -0.3 is 15.2 Å². The quantitative estimate of drug-likeness (QED) is 0.595. The van der Waals surface area contributed by atoms with E-state index in [9.17, 15) is 9.59 Å². The Bertz CT molecular complexity index is 394. The van der Waals surface area contributed by atoms with Gasteiger partial charge in [-0.25, -0.2) is 4.79 Å². The van der Waals surface area contributed by atoms with Gasteiger partial charge in [-0.3, -0.25) is 4.79 Å². The highest BCUT2D eigenvalue weighted by molar-refractivity contribution is 5.88. The standard InChI is InChI=1S/C8H9NO4/c1-4-2-5(3-10)9-7(11)6(4)8(12)13/h2,10H,3H2,1H3,(H,9,11)(H,12,13). The molecule has 0 aliphatic rings. The highest BCUT2D eigenvalue weighted by Gasteiger charge is 2.12. The number of rotatable bonds is 2. The van der Waals surface area contributed by atoms with E-state index in [4.69, 9.17) is 10.2 Å². The van der Waals surface area contributed by atoms with E-state index < -0.39 is 11.5 Å². The first kappa shape index (κ1) is 9.47. The third-order valence-electron chi connectivity index (χ3n) is 1.67. The van der Waals surface area contributed by atoms with E-state index in [2.05, 4.69) is 4.98 Å². The summed E-state index contributed by atoms with van der Waals surface area (Å²) in [4.78, 5) is 23.9. The number of aromatic nitrogens is 1. The Kier molecular flexibility index (Phi) is 2.48. The Morgan fingerprint density at radius 3 is 2.62 bits per heavy atom. The number of carbonyl (C=O) groups is 1. The van der Waals surface area contributed by atoms with Crippen LogP contribution in [0.2, 0.25) is 0 Å². The van der Waals surface area contributed by atoms with Crippen LogP contribution in [-0.4, -0.2) is 21.2 Å². The lowest BCUT2D eigenvalue weighted by atomic mass is 10.1. The van der Waals surface area contributed by atoms with Crippen molar-refractivity contribution in [2.75, 3.05) is 0 Å². The Morgan fingerprint density at radius 2 is 2.23 bits per heavy atom. The molecule has 5 nitrogen and oxygen atoms in total. The van der Waals surface area contributed by atoms with E-state index in [-0.39, 0.29) is 12.2 Å². The fourth-order valence-corrected chi connectivity index (χ4v) is 1.11. The van der Waals surface area contributed by atoms with Gasteiger partial charge >= 0.3 is 5.97 Å². The second-order valence-corrected chi connectivity index (χ2v) is 2.64. The number of H-pyrrole nitrogens is 1. The van der Waals surface area contributed by atoms with E-state index >= 15 is 0 Å². The third kappa shape index (κ3) is 1.75. The predicted octanol–water partition coefficient (Wildman–Crippen LogP) is -0.126. The lowest BCUT2D eigenvalue weighted by Gasteiger charge is -2.01. The zero-order chi connectivity index (χ0) is 10.0. The Balaban J connectivity index is 3.40. The molecule has 0 aliphatic heterocycles. The molecule has 0 spiro atoms. The van der Waals surface area contributed by atoms with E-state index in [0.717, 1.165) is 0 Å². The first-order valence-corrected chi connectivity index (χ1v) is 3.63. The highest BCUT2D eigenvalue weighted by atomic mass is 16.4. The Hall–Kier alpha value is -1.62. The van der Waals surface area contributed by atoms with Crippen LogP contribution in [0.4, 0.5) is 0 Å². The average molecular weight is 183 g/mol. The van der Waals surface area contributed by atoms with Gasteiger partial charge in [-0.15, -0.1) is 0 Å². The van der Waals surface area contributed by atoms with Crippen LogP contribution < -0.4 is 5.56 Å². The average Bonchev–Trinajstić information content (AvgIpc) is 2.02. The van der Waals surface area contributed by atoms with Crippen molar-refractivity contribution in [2.24, 2.45) is 0 Å². The summed E-state index contributed by atoms with van der Waals surface area (Å²) in [5.41, 5.74) is -0.304. The number of hydrogen-bond acceptors (Lipinski definition) is 3. The van der Waals surface area contributed by atoms with Crippen LogP contribution >= 0.6 is 0 Å². The van der Waals surface area contributed by atoms with E-state index in [1.54, 1.807) is 0 Å². The van der Waals surface area contributed by atoms with Crippen molar-refractivity contribution in [2.45, 2.75) is 13.5 Å². The molecule has 1 aromatic heterocycles. The van der Waals surface area contributed by atoms with Crippen LogP contribution in [-0.2, 0) is 6.61 Å². The van der Waals surface area contributed by atoms with Crippen molar-refractivity contribution >= 4 is 5.97 Å². The molecule has 1 rings (SSSR count). The molecule has 0 radical (unpaired) electrons. The molecule has 0 unspecified atom stereocenters. The molecule has 13 heavy (non-hydrogen) atoms. The number of aryl methyl sites for hydroxylation is 1. The largest absolute Gasteiger partial charge is 0.477 e. The van der Waals surface area contributed by atoms with Gasteiger partial charge in [-0.2, -0.15) is 0 Å². The smallest absolute Gasteiger partial charge is 0.341 e. The maximum atomic E-state index is 11.1. The monoisotopic (exact) mass is 183 g/mol. The van der Waals surface area contributed by atoms with Crippen LogP contribution in [0.1, 0.15) is 21.6 Å². The molecular weight excluding hydrogens is 174 g/mol. The normalized spacial score (nSPS) is 10.0. The van der Waals surface area contributed by atoms with Crippen LogP contribution in [0, 0.1) is 6.92 Å². The molecule has 1 heterocycles. The number of nitrogens with one attached hydrogen (secondary N) is 1. The highest BCUT2D eigenvalue weighted by Crippen LogP contribution is 2.03. The van der Waals surface area contributed by atoms with E-state index in [1.165, 1.54) is 13.0 Å². The summed E-state index contributed by atoms with van der Waals surface area (Å²) in [5.74, 6) is -1.26. The second kappa shape index (κ2) is 3.40. The summed E-state index contributed by atoms with van der Waals surface area (Å²) >= 11 is 0.